The molecule has 0 radical (unpaired) electrons. The van der Waals surface area contributed by atoms with Gasteiger partial charge in [-0.2, -0.15) is 0 Å². The lowest BCUT2D eigenvalue weighted by atomic mass is 10.1. The van der Waals surface area contributed by atoms with Crippen LogP contribution in [0.1, 0.15) is 19.4 Å². The largest absolute Gasteiger partial charge is 0.447 e. The molecule has 5 nitrogen and oxygen atoms in total. The lowest BCUT2D eigenvalue weighted by Crippen LogP contribution is -2.23. The first-order chi connectivity index (χ1) is 9.21. The number of nitrogens with zero attached hydrogens (tertiary/aromatic N) is 1. The van der Waals surface area contributed by atoms with Crippen LogP contribution in [-0.2, 0) is 11.3 Å². The molecule has 0 aromatic heterocycles. The Hall–Kier alpha value is -1.59. The van der Waals surface area contributed by atoms with Gasteiger partial charge in [-0.05, 0) is 24.7 Å². The highest BCUT2D eigenvalue weighted by atomic mass is 16.6. The molecule has 0 aliphatic rings. The quantitative estimate of drug-likeness (QED) is 0.793. The third kappa shape index (κ3) is 5.28. The van der Waals surface area contributed by atoms with Gasteiger partial charge in [0.25, 0.3) is 0 Å². The van der Waals surface area contributed by atoms with Gasteiger partial charge in [0, 0.05) is 12.2 Å². The second kappa shape index (κ2) is 8.50. The monoisotopic (exact) mass is 266 g/mol. The summed E-state index contributed by atoms with van der Waals surface area (Å²) in [7, 11) is 0. The van der Waals surface area contributed by atoms with Gasteiger partial charge < -0.3 is 9.84 Å². The first-order valence-corrected chi connectivity index (χ1v) is 6.56. The van der Waals surface area contributed by atoms with Crippen molar-refractivity contribution in [3.8, 4) is 0 Å². The highest BCUT2D eigenvalue weighted by Crippen LogP contribution is 2.17. The van der Waals surface area contributed by atoms with Crippen molar-refractivity contribution in [3.63, 3.8) is 0 Å². The second-order valence-electron chi connectivity index (χ2n) is 4.10. The van der Waals surface area contributed by atoms with Crippen LogP contribution in [0.5, 0.6) is 0 Å². The fourth-order valence-corrected chi connectivity index (χ4v) is 1.75. The van der Waals surface area contributed by atoms with Crippen LogP contribution >= 0.6 is 0 Å². The number of para-hydroxylation sites is 1. The van der Waals surface area contributed by atoms with E-state index in [9.17, 15) is 4.79 Å². The Morgan fingerprint density at radius 3 is 2.63 bits per heavy atom. The molecule has 0 aliphatic heterocycles. The van der Waals surface area contributed by atoms with Gasteiger partial charge in [-0.25, -0.2) is 4.79 Å². The molecule has 0 aliphatic carbocycles. The van der Waals surface area contributed by atoms with Crippen LogP contribution in [0.25, 0.3) is 0 Å². The maximum Gasteiger partial charge on any atom is 0.411 e. The number of hydrogen-bond acceptors (Lipinski definition) is 4. The molecule has 2 N–H and O–H groups in total. The number of ether oxygens (including phenoxy) is 1. The molecule has 0 saturated heterocycles. The molecule has 0 heterocycles. The van der Waals surface area contributed by atoms with Crippen LogP contribution in [0.15, 0.2) is 24.3 Å². The summed E-state index contributed by atoms with van der Waals surface area (Å²) in [5.41, 5.74) is 1.80. The number of amides is 1. The van der Waals surface area contributed by atoms with Crippen LogP contribution in [0, 0.1) is 0 Å². The van der Waals surface area contributed by atoms with E-state index in [2.05, 4.69) is 24.1 Å². The van der Waals surface area contributed by atoms with Gasteiger partial charge in [-0.15, -0.1) is 0 Å². The van der Waals surface area contributed by atoms with E-state index in [1.54, 1.807) is 0 Å². The SMILES string of the molecule is CCN(CC)Cc1ccccc1NC(=O)OCCO. The van der Waals surface area contributed by atoms with E-state index in [0.717, 1.165) is 30.9 Å². The smallest absolute Gasteiger partial charge is 0.411 e. The topological polar surface area (TPSA) is 61.8 Å². The highest BCUT2D eigenvalue weighted by molar-refractivity contribution is 5.85. The average Bonchev–Trinajstić information content (AvgIpc) is 2.44. The third-order valence-electron chi connectivity index (χ3n) is 2.87. The summed E-state index contributed by atoms with van der Waals surface area (Å²) in [6, 6.07) is 7.65. The Morgan fingerprint density at radius 2 is 2.00 bits per heavy atom. The summed E-state index contributed by atoms with van der Waals surface area (Å²) in [6.07, 6.45) is -0.541. The lowest BCUT2D eigenvalue weighted by Gasteiger charge is -2.20. The molecular formula is C14H22N2O3. The molecule has 0 unspecified atom stereocenters. The van der Waals surface area contributed by atoms with Crippen LogP contribution in [0.3, 0.4) is 0 Å². The van der Waals surface area contributed by atoms with Gasteiger partial charge in [-0.1, -0.05) is 32.0 Å². The molecule has 0 bridgehead atoms. The van der Waals surface area contributed by atoms with E-state index in [1.807, 2.05) is 24.3 Å². The molecule has 0 saturated carbocycles. The predicted molar refractivity (Wildman–Crippen MR) is 75.1 cm³/mol. The molecule has 0 fully saturated rings. The maximum absolute atomic E-state index is 11.5. The van der Waals surface area contributed by atoms with Crippen LogP contribution < -0.4 is 5.32 Å². The zero-order valence-electron chi connectivity index (χ0n) is 11.6. The number of anilines is 1. The van der Waals surface area contributed by atoms with Crippen molar-refractivity contribution in [2.75, 3.05) is 31.6 Å². The van der Waals surface area contributed by atoms with E-state index in [4.69, 9.17) is 9.84 Å². The maximum atomic E-state index is 11.5. The van der Waals surface area contributed by atoms with Gasteiger partial charge in [-0.3, -0.25) is 10.2 Å². The fraction of sp³-hybridized carbons (Fsp3) is 0.500. The minimum Gasteiger partial charge on any atom is -0.447 e. The Bertz CT molecular complexity index is 392. The number of carbonyl (C=O) groups excluding carboxylic acids is 1. The molecule has 1 aromatic rings. The Labute approximate surface area is 114 Å². The summed E-state index contributed by atoms with van der Waals surface area (Å²) in [6.45, 7) is 6.74. The summed E-state index contributed by atoms with van der Waals surface area (Å²) in [4.78, 5) is 13.8. The van der Waals surface area contributed by atoms with Gasteiger partial charge in [0.05, 0.1) is 6.61 Å². The van der Waals surface area contributed by atoms with E-state index in [0.29, 0.717) is 0 Å². The van der Waals surface area contributed by atoms with Crippen molar-refractivity contribution in [2.45, 2.75) is 20.4 Å². The molecule has 106 valence electrons. The molecule has 5 heteroatoms. The number of hydrogen-bond donors (Lipinski definition) is 2. The van der Waals surface area contributed by atoms with Crippen LogP contribution in [0.4, 0.5) is 10.5 Å². The van der Waals surface area contributed by atoms with E-state index < -0.39 is 6.09 Å². The first-order valence-electron chi connectivity index (χ1n) is 6.56. The van der Waals surface area contributed by atoms with Crippen molar-refractivity contribution < 1.29 is 14.6 Å². The summed E-state index contributed by atoms with van der Waals surface area (Å²) in [5.74, 6) is 0. The number of nitrogens with one attached hydrogen (secondary N) is 1. The first kappa shape index (κ1) is 15.5. The zero-order chi connectivity index (χ0) is 14.1. The molecule has 1 aromatic carbocycles. The summed E-state index contributed by atoms with van der Waals surface area (Å²) < 4.78 is 4.79. The third-order valence-corrected chi connectivity index (χ3v) is 2.87. The van der Waals surface area contributed by atoms with Gasteiger partial charge in [0.2, 0.25) is 0 Å². The second-order valence-corrected chi connectivity index (χ2v) is 4.10. The minimum atomic E-state index is -0.541. The Kier molecular flexibility index (Phi) is 6.92. The Morgan fingerprint density at radius 1 is 1.32 bits per heavy atom. The summed E-state index contributed by atoms with van der Waals surface area (Å²) >= 11 is 0. The number of rotatable bonds is 7. The highest BCUT2D eigenvalue weighted by Gasteiger charge is 2.09. The van der Waals surface area contributed by atoms with Crippen LogP contribution in [-0.4, -0.2) is 42.4 Å². The van der Waals surface area contributed by atoms with Gasteiger partial charge in [0.15, 0.2) is 0 Å². The number of carbonyl (C=O) groups is 1. The van der Waals surface area contributed by atoms with Crippen molar-refractivity contribution in [1.82, 2.24) is 4.90 Å². The minimum absolute atomic E-state index is 0.00401. The lowest BCUT2D eigenvalue weighted by molar-refractivity contribution is 0.131. The molecule has 0 atom stereocenters. The predicted octanol–water partition coefficient (Wildman–Crippen LogP) is 2.07. The molecule has 1 rings (SSSR count). The van der Waals surface area contributed by atoms with Crippen molar-refractivity contribution in [3.05, 3.63) is 29.8 Å². The molecular weight excluding hydrogens is 244 g/mol. The van der Waals surface area contributed by atoms with E-state index in [1.165, 1.54) is 0 Å². The summed E-state index contributed by atoms with van der Waals surface area (Å²) in [5, 5.41) is 11.3. The van der Waals surface area contributed by atoms with E-state index in [-0.39, 0.29) is 13.2 Å². The number of aliphatic hydroxyl groups is 1. The molecule has 19 heavy (non-hydrogen) atoms. The molecule has 0 spiro atoms. The number of aliphatic hydroxyl groups excluding tert-OH is 1. The van der Waals surface area contributed by atoms with Gasteiger partial charge >= 0.3 is 6.09 Å². The van der Waals surface area contributed by atoms with E-state index >= 15 is 0 Å². The Balaban J connectivity index is 2.69. The fourth-order valence-electron chi connectivity index (χ4n) is 1.75. The standard InChI is InChI=1S/C14H22N2O3/c1-3-16(4-2)11-12-7-5-6-8-13(12)15-14(18)19-10-9-17/h5-8,17H,3-4,9-11H2,1-2H3,(H,15,18). The molecule has 1 amide bonds. The number of benzene rings is 1. The van der Waals surface area contributed by atoms with Crippen molar-refractivity contribution in [2.24, 2.45) is 0 Å². The average molecular weight is 266 g/mol. The van der Waals surface area contributed by atoms with Gasteiger partial charge in [0.1, 0.15) is 6.61 Å². The zero-order valence-corrected chi connectivity index (χ0v) is 11.6. The van der Waals surface area contributed by atoms with Crippen molar-refractivity contribution in [1.29, 1.82) is 0 Å². The van der Waals surface area contributed by atoms with Crippen molar-refractivity contribution >= 4 is 11.8 Å². The van der Waals surface area contributed by atoms with Crippen LogP contribution in [0.2, 0.25) is 0 Å². The normalized spacial score (nSPS) is 10.5.